The summed E-state index contributed by atoms with van der Waals surface area (Å²) in [5.74, 6) is -3.87. The van der Waals surface area contributed by atoms with E-state index in [2.05, 4.69) is 0 Å². The lowest BCUT2D eigenvalue weighted by molar-refractivity contribution is -0.162. The highest BCUT2D eigenvalue weighted by Crippen LogP contribution is 2.34. The highest BCUT2D eigenvalue weighted by Gasteiger charge is 2.40. The van der Waals surface area contributed by atoms with E-state index >= 15 is 0 Å². The molecule has 28 heavy (non-hydrogen) atoms. The Morgan fingerprint density at radius 2 is 1.46 bits per heavy atom. The Bertz CT molecular complexity index is 587. The molecule has 1 rings (SSSR count). The molecule has 0 saturated heterocycles. The van der Waals surface area contributed by atoms with Crippen molar-refractivity contribution in [2.45, 2.75) is 64.5 Å². The van der Waals surface area contributed by atoms with Crippen molar-refractivity contribution in [2.75, 3.05) is 13.2 Å². The Kier molecular flexibility index (Phi) is 10.6. The first-order chi connectivity index (χ1) is 13.3. The van der Waals surface area contributed by atoms with Gasteiger partial charge in [0, 0.05) is 6.42 Å². The average molecular weight is 402 g/mol. The first-order valence-corrected chi connectivity index (χ1v) is 9.75. The monoisotopic (exact) mass is 402 g/mol. The smallest absolute Gasteiger partial charge is 0.389 e. The van der Waals surface area contributed by atoms with Crippen molar-refractivity contribution in [3.63, 3.8) is 0 Å². The number of esters is 2. The van der Waals surface area contributed by atoms with Gasteiger partial charge in [0.1, 0.15) is 0 Å². The van der Waals surface area contributed by atoms with Crippen LogP contribution < -0.4 is 0 Å². The fourth-order valence-electron chi connectivity index (χ4n) is 2.76. The first-order valence-electron chi connectivity index (χ1n) is 9.75. The summed E-state index contributed by atoms with van der Waals surface area (Å²) in [5, 5.41) is 0. The van der Waals surface area contributed by atoms with E-state index in [0.29, 0.717) is 18.4 Å². The Hall–Kier alpha value is -2.05. The van der Waals surface area contributed by atoms with Gasteiger partial charge < -0.3 is 9.47 Å². The SMILES string of the molecule is CCCCOC(=O)C(CCC(F)(F)F)C(C(=O)OCCCC)c1ccccc1. The Morgan fingerprint density at radius 3 is 1.96 bits per heavy atom. The number of rotatable bonds is 12. The van der Waals surface area contributed by atoms with Gasteiger partial charge in [0.05, 0.1) is 25.0 Å². The molecule has 0 aromatic heterocycles. The molecule has 1 aromatic carbocycles. The van der Waals surface area contributed by atoms with Crippen LogP contribution in [0.4, 0.5) is 13.2 Å². The van der Waals surface area contributed by atoms with Crippen LogP contribution in [0.3, 0.4) is 0 Å². The van der Waals surface area contributed by atoms with Crippen molar-refractivity contribution in [2.24, 2.45) is 5.92 Å². The maximum atomic E-state index is 12.8. The number of alkyl halides is 3. The molecule has 0 amide bonds. The Morgan fingerprint density at radius 1 is 0.929 bits per heavy atom. The quantitative estimate of drug-likeness (QED) is 0.346. The molecule has 0 aliphatic carbocycles. The largest absolute Gasteiger partial charge is 0.465 e. The number of hydrogen-bond acceptors (Lipinski definition) is 4. The van der Waals surface area contributed by atoms with Gasteiger partial charge in [-0.05, 0) is 24.8 Å². The van der Waals surface area contributed by atoms with E-state index < -0.39 is 42.8 Å². The van der Waals surface area contributed by atoms with Crippen LogP contribution in [0.1, 0.15) is 63.9 Å². The van der Waals surface area contributed by atoms with Gasteiger partial charge in [0.2, 0.25) is 0 Å². The van der Waals surface area contributed by atoms with Crippen LogP contribution in [0.2, 0.25) is 0 Å². The second-order valence-electron chi connectivity index (χ2n) is 6.69. The molecule has 2 unspecified atom stereocenters. The number of benzene rings is 1. The van der Waals surface area contributed by atoms with E-state index in [1.54, 1.807) is 30.3 Å². The molecule has 0 saturated carbocycles. The number of carbonyl (C=O) groups excluding carboxylic acids is 2. The number of ether oxygens (including phenoxy) is 2. The van der Waals surface area contributed by atoms with Crippen LogP contribution >= 0.6 is 0 Å². The molecule has 0 N–H and O–H groups in total. The van der Waals surface area contributed by atoms with Gasteiger partial charge in [-0.3, -0.25) is 9.59 Å². The topological polar surface area (TPSA) is 52.6 Å². The lowest BCUT2D eigenvalue weighted by Gasteiger charge is -2.25. The van der Waals surface area contributed by atoms with Crippen LogP contribution in [0.5, 0.6) is 0 Å². The maximum absolute atomic E-state index is 12.8. The minimum absolute atomic E-state index is 0.115. The average Bonchev–Trinajstić information content (AvgIpc) is 2.65. The molecule has 7 heteroatoms. The molecule has 4 nitrogen and oxygen atoms in total. The Balaban J connectivity index is 3.11. The van der Waals surface area contributed by atoms with Crippen molar-refractivity contribution >= 4 is 11.9 Å². The zero-order valence-corrected chi connectivity index (χ0v) is 16.5. The fraction of sp³-hybridized carbons (Fsp3) is 0.619. The van der Waals surface area contributed by atoms with Gasteiger partial charge in [0.15, 0.2) is 0 Å². The van der Waals surface area contributed by atoms with E-state index in [4.69, 9.17) is 9.47 Å². The van der Waals surface area contributed by atoms with Crippen molar-refractivity contribution in [1.82, 2.24) is 0 Å². The third-order valence-corrected chi connectivity index (χ3v) is 4.34. The zero-order chi connectivity index (χ0) is 21.0. The second-order valence-corrected chi connectivity index (χ2v) is 6.69. The van der Waals surface area contributed by atoms with Crippen LogP contribution in [0.15, 0.2) is 30.3 Å². The van der Waals surface area contributed by atoms with Crippen LogP contribution in [0, 0.1) is 5.92 Å². The molecule has 0 bridgehead atoms. The normalized spacial score (nSPS) is 13.6. The number of carbonyl (C=O) groups is 2. The molecule has 0 heterocycles. The van der Waals surface area contributed by atoms with Gasteiger partial charge in [-0.15, -0.1) is 0 Å². The summed E-state index contributed by atoms with van der Waals surface area (Å²) in [7, 11) is 0. The molecular weight excluding hydrogens is 373 g/mol. The number of halogens is 3. The zero-order valence-electron chi connectivity index (χ0n) is 16.5. The van der Waals surface area contributed by atoms with Gasteiger partial charge in [-0.1, -0.05) is 57.0 Å². The van der Waals surface area contributed by atoms with E-state index in [0.717, 1.165) is 12.8 Å². The van der Waals surface area contributed by atoms with Crippen LogP contribution in [-0.4, -0.2) is 31.3 Å². The summed E-state index contributed by atoms with van der Waals surface area (Å²) in [6.45, 7) is 4.12. The highest BCUT2D eigenvalue weighted by molar-refractivity contribution is 5.86. The molecule has 2 atom stereocenters. The van der Waals surface area contributed by atoms with Gasteiger partial charge >= 0.3 is 18.1 Å². The van der Waals surface area contributed by atoms with E-state index in [1.807, 2.05) is 13.8 Å². The molecule has 0 fully saturated rings. The van der Waals surface area contributed by atoms with Crippen molar-refractivity contribution in [3.8, 4) is 0 Å². The summed E-state index contributed by atoms with van der Waals surface area (Å²) >= 11 is 0. The van der Waals surface area contributed by atoms with Crippen LogP contribution in [-0.2, 0) is 19.1 Å². The third kappa shape index (κ3) is 8.76. The summed E-state index contributed by atoms with van der Waals surface area (Å²) in [6, 6.07) is 8.31. The predicted molar refractivity (Wildman–Crippen MR) is 99.7 cm³/mol. The van der Waals surface area contributed by atoms with Crippen molar-refractivity contribution < 1.29 is 32.2 Å². The number of unbranched alkanes of at least 4 members (excludes halogenated alkanes) is 2. The standard InChI is InChI=1S/C21H29F3O4/c1-3-5-14-27-19(25)17(12-13-21(22,23)24)18(16-10-8-7-9-11-16)20(26)28-15-6-4-2/h7-11,17-18H,3-6,12-15H2,1-2H3. The van der Waals surface area contributed by atoms with Gasteiger partial charge in [-0.25, -0.2) is 0 Å². The minimum atomic E-state index is -4.44. The van der Waals surface area contributed by atoms with E-state index in [-0.39, 0.29) is 13.2 Å². The van der Waals surface area contributed by atoms with E-state index in [1.165, 1.54) is 0 Å². The number of hydrogen-bond donors (Lipinski definition) is 0. The Labute approximate surface area is 164 Å². The molecule has 0 aliphatic rings. The summed E-state index contributed by atoms with van der Waals surface area (Å²) in [5.41, 5.74) is 0.448. The summed E-state index contributed by atoms with van der Waals surface area (Å²) < 4.78 is 48.9. The first kappa shape index (κ1) is 24.0. The highest BCUT2D eigenvalue weighted by atomic mass is 19.4. The van der Waals surface area contributed by atoms with Gasteiger partial charge in [-0.2, -0.15) is 13.2 Å². The minimum Gasteiger partial charge on any atom is -0.465 e. The van der Waals surface area contributed by atoms with E-state index in [9.17, 15) is 22.8 Å². The van der Waals surface area contributed by atoms with Crippen molar-refractivity contribution in [1.29, 1.82) is 0 Å². The molecule has 0 aliphatic heterocycles. The lowest BCUT2D eigenvalue weighted by atomic mass is 9.83. The third-order valence-electron chi connectivity index (χ3n) is 4.34. The predicted octanol–water partition coefficient (Wildman–Crippen LogP) is 5.42. The molecular formula is C21H29F3O4. The fourth-order valence-corrected chi connectivity index (χ4v) is 2.76. The lowest BCUT2D eigenvalue weighted by Crippen LogP contribution is -2.32. The summed E-state index contributed by atoms with van der Waals surface area (Å²) in [6.07, 6.45) is -3.31. The summed E-state index contributed by atoms with van der Waals surface area (Å²) in [4.78, 5) is 25.3. The second kappa shape index (κ2) is 12.4. The molecule has 0 spiro atoms. The molecule has 1 aromatic rings. The van der Waals surface area contributed by atoms with Crippen molar-refractivity contribution in [3.05, 3.63) is 35.9 Å². The maximum Gasteiger partial charge on any atom is 0.389 e. The molecule has 158 valence electrons. The van der Waals surface area contributed by atoms with Gasteiger partial charge in [0.25, 0.3) is 0 Å². The van der Waals surface area contributed by atoms with Crippen LogP contribution in [0.25, 0.3) is 0 Å². The molecule has 0 radical (unpaired) electrons.